The molecule has 3 heteroatoms. The highest BCUT2D eigenvalue weighted by atomic mass is 79.9. The van der Waals surface area contributed by atoms with Gasteiger partial charge in [-0.05, 0) is 16.7 Å². The highest BCUT2D eigenvalue weighted by Gasteiger charge is 2.05. The van der Waals surface area contributed by atoms with E-state index in [0.29, 0.717) is 5.33 Å². The molecule has 0 bridgehead atoms. The predicted molar refractivity (Wildman–Crippen MR) is 62.3 cm³/mol. The third kappa shape index (κ3) is 2.23. The van der Waals surface area contributed by atoms with Gasteiger partial charge in [-0.1, -0.05) is 46.3 Å². The molecule has 0 unspecified atom stereocenters. The maximum Gasteiger partial charge on any atom is 0.213 e. The van der Waals surface area contributed by atoms with Crippen molar-refractivity contribution in [3.8, 4) is 11.1 Å². The minimum absolute atomic E-state index is 0.446. The monoisotopic (exact) mass is 265 g/mol. The van der Waals surface area contributed by atoms with Gasteiger partial charge in [0.05, 0.1) is 0 Å². The van der Waals surface area contributed by atoms with Gasteiger partial charge in [-0.2, -0.15) is 4.39 Å². The maximum atomic E-state index is 13.0. The summed E-state index contributed by atoms with van der Waals surface area (Å²) in [7, 11) is 0. The zero-order valence-corrected chi connectivity index (χ0v) is 9.54. The highest BCUT2D eigenvalue weighted by Crippen LogP contribution is 2.24. The number of rotatable bonds is 2. The molecule has 0 atom stereocenters. The molecule has 1 heterocycles. The summed E-state index contributed by atoms with van der Waals surface area (Å²) in [5, 5.41) is 0.671. The predicted octanol–water partition coefficient (Wildman–Crippen LogP) is 3.78. The van der Waals surface area contributed by atoms with Gasteiger partial charge >= 0.3 is 0 Å². The van der Waals surface area contributed by atoms with Crippen molar-refractivity contribution in [3.63, 3.8) is 0 Å². The second kappa shape index (κ2) is 4.53. The van der Waals surface area contributed by atoms with Gasteiger partial charge in [-0.15, -0.1) is 0 Å². The molecular weight excluding hydrogens is 257 g/mol. The fraction of sp³-hybridized carbons (Fsp3) is 0.0833. The van der Waals surface area contributed by atoms with Crippen LogP contribution in [0.1, 0.15) is 5.56 Å². The van der Waals surface area contributed by atoms with Crippen molar-refractivity contribution in [2.45, 2.75) is 5.33 Å². The molecule has 2 rings (SSSR count). The quantitative estimate of drug-likeness (QED) is 0.595. The van der Waals surface area contributed by atoms with Crippen molar-refractivity contribution >= 4 is 15.9 Å². The molecule has 0 saturated carbocycles. The maximum absolute atomic E-state index is 13.0. The summed E-state index contributed by atoms with van der Waals surface area (Å²) in [5.74, 6) is -0.446. The molecule has 1 nitrogen and oxygen atoms in total. The Hall–Kier alpha value is -1.22. The molecule has 1 aromatic carbocycles. The highest BCUT2D eigenvalue weighted by molar-refractivity contribution is 9.08. The summed E-state index contributed by atoms with van der Waals surface area (Å²) in [4.78, 5) is 3.64. The Kier molecular flexibility index (Phi) is 3.11. The fourth-order valence-corrected chi connectivity index (χ4v) is 1.90. The molecule has 15 heavy (non-hydrogen) atoms. The molecule has 76 valence electrons. The lowest BCUT2D eigenvalue weighted by Crippen LogP contribution is -1.91. The van der Waals surface area contributed by atoms with Crippen LogP contribution >= 0.6 is 15.9 Å². The van der Waals surface area contributed by atoms with Crippen LogP contribution in [0.3, 0.4) is 0 Å². The van der Waals surface area contributed by atoms with E-state index >= 15 is 0 Å². The van der Waals surface area contributed by atoms with E-state index in [1.165, 1.54) is 6.07 Å². The van der Waals surface area contributed by atoms with Crippen LogP contribution in [0.5, 0.6) is 0 Å². The molecule has 0 N–H and O–H groups in total. The minimum Gasteiger partial charge on any atom is -0.228 e. The molecule has 0 aliphatic rings. The van der Waals surface area contributed by atoms with Crippen LogP contribution in [0.25, 0.3) is 11.1 Å². The second-order valence-corrected chi connectivity index (χ2v) is 3.72. The molecule has 0 aliphatic carbocycles. The van der Waals surface area contributed by atoms with E-state index in [4.69, 9.17) is 0 Å². The normalized spacial score (nSPS) is 10.3. The average molecular weight is 266 g/mol. The molecule has 0 spiro atoms. The van der Waals surface area contributed by atoms with Gasteiger partial charge in [0.1, 0.15) is 0 Å². The number of alkyl halides is 1. The van der Waals surface area contributed by atoms with Crippen molar-refractivity contribution in [2.24, 2.45) is 0 Å². The first kappa shape index (κ1) is 10.3. The van der Waals surface area contributed by atoms with Gasteiger partial charge in [0.15, 0.2) is 0 Å². The number of benzene rings is 1. The number of aromatic nitrogens is 1. The standard InChI is InChI=1S/C12H9BrFN/c13-7-10-8-15-12(14)6-11(10)9-4-2-1-3-5-9/h1-6,8H,7H2. The molecular formula is C12H9BrFN. The minimum atomic E-state index is -0.446. The molecule has 0 fully saturated rings. The van der Waals surface area contributed by atoms with Crippen LogP contribution in [-0.2, 0) is 5.33 Å². The molecule has 0 amide bonds. The lowest BCUT2D eigenvalue weighted by molar-refractivity contribution is 0.583. The smallest absolute Gasteiger partial charge is 0.213 e. The Morgan fingerprint density at radius 2 is 1.93 bits per heavy atom. The van der Waals surface area contributed by atoms with Crippen molar-refractivity contribution in [1.29, 1.82) is 0 Å². The summed E-state index contributed by atoms with van der Waals surface area (Å²) in [5.41, 5.74) is 2.89. The van der Waals surface area contributed by atoms with Crippen LogP contribution in [0, 0.1) is 5.95 Å². The number of hydrogen-bond acceptors (Lipinski definition) is 1. The van der Waals surface area contributed by atoms with Gasteiger partial charge in [-0.3, -0.25) is 0 Å². The number of nitrogens with zero attached hydrogens (tertiary/aromatic N) is 1. The van der Waals surface area contributed by atoms with Crippen molar-refractivity contribution < 1.29 is 4.39 Å². The van der Waals surface area contributed by atoms with E-state index < -0.39 is 5.95 Å². The van der Waals surface area contributed by atoms with Gasteiger partial charge < -0.3 is 0 Å². The third-order valence-corrected chi connectivity index (χ3v) is 2.79. The van der Waals surface area contributed by atoms with Crippen LogP contribution < -0.4 is 0 Å². The zero-order chi connectivity index (χ0) is 10.7. The number of halogens is 2. The zero-order valence-electron chi connectivity index (χ0n) is 7.95. The SMILES string of the molecule is Fc1cc(-c2ccccc2)c(CBr)cn1. The lowest BCUT2D eigenvalue weighted by Gasteiger charge is -2.06. The molecule has 2 aromatic rings. The van der Waals surface area contributed by atoms with E-state index in [0.717, 1.165) is 16.7 Å². The van der Waals surface area contributed by atoms with Gasteiger partial charge in [0.2, 0.25) is 5.95 Å². The Morgan fingerprint density at radius 1 is 1.20 bits per heavy atom. The Morgan fingerprint density at radius 3 is 2.60 bits per heavy atom. The van der Waals surface area contributed by atoms with Crippen molar-refractivity contribution in [2.75, 3.05) is 0 Å². The van der Waals surface area contributed by atoms with Crippen LogP contribution in [-0.4, -0.2) is 4.98 Å². The Labute approximate surface area is 96.1 Å². The summed E-state index contributed by atoms with van der Waals surface area (Å²) in [6.07, 6.45) is 1.56. The summed E-state index contributed by atoms with van der Waals surface area (Å²) in [6.45, 7) is 0. The molecule has 1 aromatic heterocycles. The topological polar surface area (TPSA) is 12.9 Å². The van der Waals surface area contributed by atoms with E-state index in [2.05, 4.69) is 20.9 Å². The van der Waals surface area contributed by atoms with Crippen LogP contribution in [0.15, 0.2) is 42.6 Å². The number of hydrogen-bond donors (Lipinski definition) is 0. The number of pyridine rings is 1. The molecule has 0 radical (unpaired) electrons. The van der Waals surface area contributed by atoms with Gasteiger partial charge in [0.25, 0.3) is 0 Å². The van der Waals surface area contributed by atoms with Crippen LogP contribution in [0.4, 0.5) is 4.39 Å². The average Bonchev–Trinajstić information content (AvgIpc) is 2.30. The van der Waals surface area contributed by atoms with E-state index in [-0.39, 0.29) is 0 Å². The van der Waals surface area contributed by atoms with E-state index in [9.17, 15) is 4.39 Å². The largest absolute Gasteiger partial charge is 0.228 e. The first-order chi connectivity index (χ1) is 7.31. The Bertz CT molecular complexity index is 456. The van der Waals surface area contributed by atoms with E-state index in [1.807, 2.05) is 30.3 Å². The summed E-state index contributed by atoms with van der Waals surface area (Å²) < 4.78 is 13.0. The van der Waals surface area contributed by atoms with Gasteiger partial charge in [0, 0.05) is 17.6 Å². The third-order valence-electron chi connectivity index (χ3n) is 2.18. The summed E-state index contributed by atoms with van der Waals surface area (Å²) in [6, 6.07) is 11.2. The van der Waals surface area contributed by atoms with Crippen LogP contribution in [0.2, 0.25) is 0 Å². The summed E-state index contributed by atoms with van der Waals surface area (Å²) >= 11 is 3.37. The Balaban J connectivity index is 2.56. The second-order valence-electron chi connectivity index (χ2n) is 3.16. The van der Waals surface area contributed by atoms with Gasteiger partial charge in [-0.25, -0.2) is 4.98 Å². The van der Waals surface area contributed by atoms with E-state index in [1.54, 1.807) is 6.20 Å². The first-order valence-electron chi connectivity index (χ1n) is 4.57. The first-order valence-corrected chi connectivity index (χ1v) is 5.69. The van der Waals surface area contributed by atoms with Crippen molar-refractivity contribution in [3.05, 3.63) is 54.1 Å². The van der Waals surface area contributed by atoms with Crippen molar-refractivity contribution in [1.82, 2.24) is 4.98 Å². The lowest BCUT2D eigenvalue weighted by atomic mass is 10.0. The molecule has 0 saturated heterocycles. The molecule has 0 aliphatic heterocycles. The fourth-order valence-electron chi connectivity index (χ4n) is 1.45.